The lowest BCUT2D eigenvalue weighted by Gasteiger charge is -2.21. The van der Waals surface area contributed by atoms with Crippen molar-refractivity contribution in [1.82, 2.24) is 9.88 Å². The molecule has 0 fully saturated rings. The first-order valence-electron chi connectivity index (χ1n) is 5.98. The summed E-state index contributed by atoms with van der Waals surface area (Å²) in [6, 6.07) is 2.63. The molecule has 0 radical (unpaired) electrons. The van der Waals surface area contributed by atoms with Crippen molar-refractivity contribution < 1.29 is 14.6 Å². The molecular formula is C12H20FN3O2. The Bertz CT molecular complexity index is 329. The molecule has 102 valence electrons. The van der Waals surface area contributed by atoms with Crippen LogP contribution in [0.3, 0.4) is 0 Å². The lowest BCUT2D eigenvalue weighted by atomic mass is 10.1. The molecule has 0 saturated heterocycles. The van der Waals surface area contributed by atoms with Gasteiger partial charge < -0.3 is 15.9 Å². The first kappa shape index (κ1) is 15.0. The molecule has 5 nitrogen and oxygen atoms in total. The molecule has 0 bridgehead atoms. The minimum atomic E-state index is -0.381. The van der Waals surface area contributed by atoms with Crippen LogP contribution in [-0.2, 0) is 0 Å². The van der Waals surface area contributed by atoms with Gasteiger partial charge in [0.25, 0.3) is 0 Å². The third-order valence-corrected chi connectivity index (χ3v) is 2.72. The Kier molecular flexibility index (Phi) is 6.74. The fourth-order valence-electron chi connectivity index (χ4n) is 1.69. The fourth-order valence-corrected chi connectivity index (χ4v) is 1.69. The molecule has 6 heteroatoms. The Morgan fingerprint density at radius 2 is 1.89 bits per heavy atom. The zero-order valence-corrected chi connectivity index (χ0v) is 10.3. The van der Waals surface area contributed by atoms with Crippen molar-refractivity contribution in [2.24, 2.45) is 5.73 Å². The normalized spacial score (nSPS) is 12.9. The third-order valence-electron chi connectivity index (χ3n) is 2.72. The molecule has 1 aromatic rings. The van der Waals surface area contributed by atoms with Crippen LogP contribution in [0.5, 0.6) is 0 Å². The molecule has 1 atom stereocenters. The first-order valence-corrected chi connectivity index (χ1v) is 5.98. The minimum absolute atomic E-state index is 0.0457. The van der Waals surface area contributed by atoms with Crippen LogP contribution in [0.15, 0.2) is 18.3 Å². The van der Waals surface area contributed by atoms with E-state index in [9.17, 15) is 4.39 Å². The smallest absolute Gasteiger partial charge is 0.141 e. The number of hydrogen-bond donors (Lipinski definition) is 3. The van der Waals surface area contributed by atoms with Gasteiger partial charge >= 0.3 is 0 Å². The summed E-state index contributed by atoms with van der Waals surface area (Å²) in [5, 5.41) is 17.7. The van der Waals surface area contributed by atoms with Crippen LogP contribution in [0, 0.1) is 5.82 Å². The summed E-state index contributed by atoms with van der Waals surface area (Å²) in [5.41, 5.74) is 6.59. The van der Waals surface area contributed by atoms with E-state index < -0.39 is 0 Å². The van der Waals surface area contributed by atoms with Gasteiger partial charge in [0.15, 0.2) is 0 Å². The van der Waals surface area contributed by atoms with Gasteiger partial charge in [0.2, 0.25) is 0 Å². The molecule has 1 aromatic heterocycles. The van der Waals surface area contributed by atoms with Crippen LogP contribution >= 0.6 is 0 Å². The van der Waals surface area contributed by atoms with Crippen molar-refractivity contribution in [2.75, 3.05) is 32.8 Å². The van der Waals surface area contributed by atoms with Crippen LogP contribution in [-0.4, -0.2) is 52.9 Å². The number of aliphatic hydroxyl groups is 2. The summed E-state index contributed by atoms with van der Waals surface area (Å²) in [6.07, 6.45) is 1.78. The monoisotopic (exact) mass is 257 g/mol. The first-order chi connectivity index (χ1) is 8.67. The predicted octanol–water partition coefficient (Wildman–Crippen LogP) is -0.103. The molecule has 0 aliphatic rings. The number of pyridine rings is 1. The second kappa shape index (κ2) is 8.10. The maximum absolute atomic E-state index is 12.7. The van der Waals surface area contributed by atoms with Crippen LogP contribution in [0.4, 0.5) is 4.39 Å². The van der Waals surface area contributed by atoms with Crippen LogP contribution in [0.1, 0.15) is 18.2 Å². The highest BCUT2D eigenvalue weighted by Gasteiger charge is 2.10. The lowest BCUT2D eigenvalue weighted by molar-refractivity contribution is 0.157. The number of nitrogens with two attached hydrogens (primary N) is 1. The van der Waals surface area contributed by atoms with E-state index in [1.165, 1.54) is 6.07 Å². The van der Waals surface area contributed by atoms with E-state index in [4.69, 9.17) is 15.9 Å². The number of hydrogen-bond acceptors (Lipinski definition) is 5. The highest BCUT2D eigenvalue weighted by atomic mass is 19.1. The van der Waals surface area contributed by atoms with Gasteiger partial charge in [-0.25, -0.2) is 4.39 Å². The molecule has 18 heavy (non-hydrogen) atoms. The summed E-state index contributed by atoms with van der Waals surface area (Å²) < 4.78 is 12.7. The minimum Gasteiger partial charge on any atom is -0.395 e. The summed E-state index contributed by atoms with van der Waals surface area (Å²) in [6.45, 7) is 1.75. The second-order valence-corrected chi connectivity index (χ2v) is 4.09. The Labute approximate surface area is 106 Å². The number of rotatable bonds is 8. The van der Waals surface area contributed by atoms with Gasteiger partial charge in [0, 0.05) is 25.7 Å². The Hall–Kier alpha value is -1.08. The average Bonchev–Trinajstić information content (AvgIpc) is 2.37. The van der Waals surface area contributed by atoms with Gasteiger partial charge in [-0.1, -0.05) is 0 Å². The topological polar surface area (TPSA) is 82.6 Å². The highest BCUT2D eigenvalue weighted by Crippen LogP contribution is 2.12. The average molecular weight is 257 g/mol. The van der Waals surface area contributed by atoms with Gasteiger partial charge in [-0.3, -0.25) is 9.88 Å². The quantitative estimate of drug-likeness (QED) is 0.605. The summed E-state index contributed by atoms with van der Waals surface area (Å²) >= 11 is 0. The molecular weight excluding hydrogens is 237 g/mol. The van der Waals surface area contributed by atoms with Gasteiger partial charge in [0.05, 0.1) is 25.1 Å². The number of nitrogens with zero attached hydrogens (tertiary/aromatic N) is 2. The van der Waals surface area contributed by atoms with E-state index >= 15 is 0 Å². The SMILES string of the molecule is NC(CCN(CCO)CCO)c1ccc(F)cn1. The largest absolute Gasteiger partial charge is 0.395 e. The predicted molar refractivity (Wildman–Crippen MR) is 66.4 cm³/mol. The van der Waals surface area contributed by atoms with Gasteiger partial charge in [-0.2, -0.15) is 0 Å². The summed E-state index contributed by atoms with van der Waals surface area (Å²) in [7, 11) is 0. The molecule has 0 spiro atoms. The molecule has 1 heterocycles. The molecule has 1 rings (SSSR count). The number of aliphatic hydroxyl groups excluding tert-OH is 2. The Morgan fingerprint density at radius 3 is 2.39 bits per heavy atom. The maximum atomic E-state index is 12.7. The van der Waals surface area contributed by atoms with Crippen molar-refractivity contribution in [1.29, 1.82) is 0 Å². The second-order valence-electron chi connectivity index (χ2n) is 4.09. The summed E-state index contributed by atoms with van der Waals surface area (Å²) in [4.78, 5) is 5.85. The van der Waals surface area contributed by atoms with Crippen LogP contribution < -0.4 is 5.73 Å². The highest BCUT2D eigenvalue weighted by molar-refractivity contribution is 5.09. The summed E-state index contributed by atoms with van der Waals surface area (Å²) in [5.74, 6) is -0.381. The zero-order valence-electron chi connectivity index (χ0n) is 10.3. The van der Waals surface area contributed by atoms with Gasteiger partial charge in [0.1, 0.15) is 5.82 Å². The van der Waals surface area contributed by atoms with E-state index in [-0.39, 0.29) is 25.1 Å². The van der Waals surface area contributed by atoms with Crippen molar-refractivity contribution in [2.45, 2.75) is 12.5 Å². The molecule has 0 saturated carbocycles. The molecule has 0 aliphatic carbocycles. The Morgan fingerprint density at radius 1 is 1.22 bits per heavy atom. The maximum Gasteiger partial charge on any atom is 0.141 e. The Balaban J connectivity index is 2.43. The van der Waals surface area contributed by atoms with E-state index in [0.717, 1.165) is 6.20 Å². The molecule has 1 unspecified atom stereocenters. The molecule has 0 amide bonds. The van der Waals surface area contributed by atoms with Crippen LogP contribution in [0.25, 0.3) is 0 Å². The zero-order chi connectivity index (χ0) is 13.4. The van der Waals surface area contributed by atoms with E-state index in [0.29, 0.717) is 31.7 Å². The molecule has 0 aromatic carbocycles. The van der Waals surface area contributed by atoms with E-state index in [2.05, 4.69) is 4.98 Å². The van der Waals surface area contributed by atoms with E-state index in [1.807, 2.05) is 4.90 Å². The van der Waals surface area contributed by atoms with Gasteiger partial charge in [-0.05, 0) is 18.6 Å². The molecule has 0 aliphatic heterocycles. The number of halogens is 1. The fraction of sp³-hybridized carbons (Fsp3) is 0.583. The standard InChI is InChI=1S/C12H20FN3O2/c13-10-1-2-12(15-9-10)11(14)3-4-16(5-7-17)6-8-18/h1-2,9,11,17-18H,3-8,14H2. The van der Waals surface area contributed by atoms with Crippen molar-refractivity contribution in [3.63, 3.8) is 0 Å². The van der Waals surface area contributed by atoms with Crippen molar-refractivity contribution >= 4 is 0 Å². The number of aromatic nitrogens is 1. The van der Waals surface area contributed by atoms with Gasteiger partial charge in [-0.15, -0.1) is 0 Å². The van der Waals surface area contributed by atoms with Crippen LogP contribution in [0.2, 0.25) is 0 Å². The van der Waals surface area contributed by atoms with Crippen molar-refractivity contribution in [3.8, 4) is 0 Å². The van der Waals surface area contributed by atoms with E-state index in [1.54, 1.807) is 6.07 Å². The third kappa shape index (κ3) is 5.05. The molecule has 4 N–H and O–H groups in total. The van der Waals surface area contributed by atoms with Crippen molar-refractivity contribution in [3.05, 3.63) is 29.8 Å². The lowest BCUT2D eigenvalue weighted by Crippen LogP contribution is -2.32.